The van der Waals surface area contributed by atoms with Gasteiger partial charge in [0.25, 0.3) is 0 Å². The van der Waals surface area contributed by atoms with Crippen LogP contribution in [0.4, 0.5) is 0 Å². The third kappa shape index (κ3) is 4.15. The van der Waals surface area contributed by atoms with Gasteiger partial charge in [-0.05, 0) is 36.8 Å². The molecule has 2 atom stereocenters. The summed E-state index contributed by atoms with van der Waals surface area (Å²) in [6.07, 6.45) is 2.74. The Balaban J connectivity index is 2.39. The second kappa shape index (κ2) is 6.93. The Morgan fingerprint density at radius 2 is 2.44 bits per heavy atom. The molecular formula is C11H18N2OS2. The topological polar surface area (TPSA) is 55.1 Å². The van der Waals surface area contributed by atoms with E-state index < -0.39 is 6.04 Å². The number of hydrogen-bond acceptors (Lipinski definition) is 4. The van der Waals surface area contributed by atoms with Gasteiger partial charge in [-0.3, -0.25) is 4.79 Å². The number of thiophene rings is 1. The first kappa shape index (κ1) is 13.5. The van der Waals surface area contributed by atoms with Crippen molar-refractivity contribution >= 4 is 29.0 Å². The van der Waals surface area contributed by atoms with Gasteiger partial charge in [-0.2, -0.15) is 11.8 Å². The molecule has 0 aliphatic heterocycles. The molecule has 0 saturated heterocycles. The monoisotopic (exact) mass is 258 g/mol. The van der Waals surface area contributed by atoms with Gasteiger partial charge in [-0.15, -0.1) is 11.3 Å². The Labute approximate surface area is 105 Å². The van der Waals surface area contributed by atoms with E-state index in [0.29, 0.717) is 0 Å². The minimum Gasteiger partial charge on any atom is -0.347 e. The van der Waals surface area contributed by atoms with Crippen LogP contribution in [0.3, 0.4) is 0 Å². The van der Waals surface area contributed by atoms with E-state index in [1.165, 1.54) is 0 Å². The molecule has 0 fully saturated rings. The van der Waals surface area contributed by atoms with Gasteiger partial charge in [-0.25, -0.2) is 0 Å². The number of nitrogens with two attached hydrogens (primary N) is 1. The average Bonchev–Trinajstić information content (AvgIpc) is 2.79. The maximum atomic E-state index is 11.7. The van der Waals surface area contributed by atoms with E-state index in [4.69, 9.17) is 5.73 Å². The van der Waals surface area contributed by atoms with E-state index >= 15 is 0 Å². The molecule has 0 aromatic carbocycles. The zero-order valence-electron chi connectivity index (χ0n) is 9.60. The molecule has 0 aliphatic carbocycles. The molecule has 1 heterocycles. The van der Waals surface area contributed by atoms with Gasteiger partial charge in [0, 0.05) is 4.88 Å². The molecule has 0 saturated carbocycles. The summed E-state index contributed by atoms with van der Waals surface area (Å²) in [5.41, 5.74) is 5.78. The van der Waals surface area contributed by atoms with Gasteiger partial charge in [-0.1, -0.05) is 6.07 Å². The molecule has 0 bridgehead atoms. The summed E-state index contributed by atoms with van der Waals surface area (Å²) in [7, 11) is 0. The van der Waals surface area contributed by atoms with Crippen molar-refractivity contribution in [3.63, 3.8) is 0 Å². The normalized spacial score (nSPS) is 14.4. The van der Waals surface area contributed by atoms with E-state index in [0.717, 1.165) is 17.1 Å². The molecule has 0 spiro atoms. The lowest BCUT2D eigenvalue weighted by Crippen LogP contribution is -2.41. The number of nitrogens with one attached hydrogen (secondary N) is 1. The summed E-state index contributed by atoms with van der Waals surface area (Å²) in [6.45, 7) is 1.98. The first-order valence-corrected chi connectivity index (χ1v) is 7.50. The molecule has 0 radical (unpaired) electrons. The van der Waals surface area contributed by atoms with Gasteiger partial charge >= 0.3 is 0 Å². The highest BCUT2D eigenvalue weighted by Gasteiger charge is 2.16. The molecule has 1 aromatic rings. The number of hydrogen-bond donors (Lipinski definition) is 2. The highest BCUT2D eigenvalue weighted by atomic mass is 32.2. The van der Waals surface area contributed by atoms with Crippen molar-refractivity contribution in [2.45, 2.75) is 25.4 Å². The summed E-state index contributed by atoms with van der Waals surface area (Å²) in [4.78, 5) is 12.9. The standard InChI is InChI=1S/C11H18N2OS2/c1-8(10-4-3-6-16-10)13-11(14)9(12)5-7-15-2/h3-4,6,8-9H,5,7,12H2,1-2H3,(H,13,14)/t8-,9+/m0/s1. The largest absolute Gasteiger partial charge is 0.347 e. The van der Waals surface area contributed by atoms with Crippen molar-refractivity contribution < 1.29 is 4.79 Å². The van der Waals surface area contributed by atoms with Crippen molar-refractivity contribution in [3.8, 4) is 0 Å². The molecule has 3 nitrogen and oxygen atoms in total. The fraction of sp³-hybridized carbons (Fsp3) is 0.545. The molecule has 3 N–H and O–H groups in total. The summed E-state index contributed by atoms with van der Waals surface area (Å²) in [5, 5.41) is 4.93. The van der Waals surface area contributed by atoms with E-state index in [2.05, 4.69) is 5.32 Å². The van der Waals surface area contributed by atoms with Crippen LogP contribution in [-0.2, 0) is 4.79 Å². The maximum absolute atomic E-state index is 11.7. The van der Waals surface area contributed by atoms with E-state index in [1.807, 2.05) is 30.7 Å². The predicted molar refractivity (Wildman–Crippen MR) is 71.9 cm³/mol. The van der Waals surface area contributed by atoms with Crippen LogP contribution in [-0.4, -0.2) is 24.0 Å². The second-order valence-corrected chi connectivity index (χ2v) is 5.60. The average molecular weight is 258 g/mol. The molecule has 0 aliphatic rings. The minimum atomic E-state index is -0.394. The summed E-state index contributed by atoms with van der Waals surface area (Å²) >= 11 is 3.35. The van der Waals surface area contributed by atoms with E-state index in [-0.39, 0.29) is 11.9 Å². The van der Waals surface area contributed by atoms with E-state index in [1.54, 1.807) is 23.1 Å². The summed E-state index contributed by atoms with van der Waals surface area (Å²) in [6, 6.07) is 3.65. The zero-order valence-corrected chi connectivity index (χ0v) is 11.2. The Hall–Kier alpha value is -0.520. The molecule has 90 valence electrons. The highest BCUT2D eigenvalue weighted by Crippen LogP contribution is 2.18. The minimum absolute atomic E-state index is 0.0489. The Morgan fingerprint density at radius 1 is 1.69 bits per heavy atom. The molecule has 0 unspecified atom stereocenters. The molecule has 16 heavy (non-hydrogen) atoms. The van der Waals surface area contributed by atoms with Crippen LogP contribution >= 0.6 is 23.1 Å². The second-order valence-electron chi connectivity index (χ2n) is 3.63. The van der Waals surface area contributed by atoms with Gasteiger partial charge in [0.15, 0.2) is 0 Å². The zero-order chi connectivity index (χ0) is 12.0. The quantitative estimate of drug-likeness (QED) is 0.820. The van der Waals surface area contributed by atoms with Crippen LogP contribution in [0.2, 0.25) is 0 Å². The lowest BCUT2D eigenvalue weighted by molar-refractivity contribution is -0.123. The summed E-state index contributed by atoms with van der Waals surface area (Å²) < 4.78 is 0. The van der Waals surface area contributed by atoms with E-state index in [9.17, 15) is 4.79 Å². The lowest BCUT2D eigenvalue weighted by atomic mass is 10.2. The van der Waals surface area contributed by atoms with Crippen LogP contribution in [0.5, 0.6) is 0 Å². The number of thioether (sulfide) groups is 1. The number of carbonyl (C=O) groups excluding carboxylic acids is 1. The van der Waals surface area contributed by atoms with Gasteiger partial charge in [0.05, 0.1) is 12.1 Å². The maximum Gasteiger partial charge on any atom is 0.237 e. The number of rotatable bonds is 6. The molecule has 1 amide bonds. The molecule has 1 aromatic heterocycles. The number of amides is 1. The highest BCUT2D eigenvalue weighted by molar-refractivity contribution is 7.98. The van der Waals surface area contributed by atoms with Gasteiger partial charge in [0.1, 0.15) is 0 Å². The Bertz CT molecular complexity index is 314. The van der Waals surface area contributed by atoms with Crippen LogP contribution in [0.1, 0.15) is 24.3 Å². The first-order valence-electron chi connectivity index (χ1n) is 5.23. The fourth-order valence-corrected chi connectivity index (χ4v) is 2.53. The summed E-state index contributed by atoms with van der Waals surface area (Å²) in [5.74, 6) is 0.858. The van der Waals surface area contributed by atoms with Crippen molar-refractivity contribution in [2.24, 2.45) is 5.73 Å². The molecule has 1 rings (SSSR count). The van der Waals surface area contributed by atoms with Crippen LogP contribution in [0.25, 0.3) is 0 Å². The van der Waals surface area contributed by atoms with Crippen LogP contribution < -0.4 is 11.1 Å². The van der Waals surface area contributed by atoms with Crippen molar-refractivity contribution in [2.75, 3.05) is 12.0 Å². The molecular weight excluding hydrogens is 240 g/mol. The van der Waals surface area contributed by atoms with Crippen LogP contribution in [0, 0.1) is 0 Å². The van der Waals surface area contributed by atoms with Crippen molar-refractivity contribution in [3.05, 3.63) is 22.4 Å². The molecule has 5 heteroatoms. The third-order valence-corrected chi connectivity index (χ3v) is 4.00. The Morgan fingerprint density at radius 3 is 3.00 bits per heavy atom. The SMILES string of the molecule is CSCC[C@@H](N)C(=O)N[C@@H](C)c1cccs1. The van der Waals surface area contributed by atoms with Crippen molar-refractivity contribution in [1.29, 1.82) is 0 Å². The lowest BCUT2D eigenvalue weighted by Gasteiger charge is -2.16. The first-order chi connectivity index (χ1) is 7.65. The third-order valence-electron chi connectivity index (χ3n) is 2.30. The van der Waals surface area contributed by atoms with Gasteiger partial charge in [0.2, 0.25) is 5.91 Å². The van der Waals surface area contributed by atoms with Gasteiger partial charge < -0.3 is 11.1 Å². The Kier molecular flexibility index (Phi) is 5.87. The van der Waals surface area contributed by atoms with Crippen LogP contribution in [0.15, 0.2) is 17.5 Å². The fourth-order valence-electron chi connectivity index (χ4n) is 1.31. The van der Waals surface area contributed by atoms with Crippen molar-refractivity contribution in [1.82, 2.24) is 5.32 Å². The predicted octanol–water partition coefficient (Wildman–Crippen LogP) is 2.01. The smallest absolute Gasteiger partial charge is 0.237 e. The number of carbonyl (C=O) groups is 1.